The number of allylic oxidation sites excluding steroid dienone is 1. The van der Waals surface area contributed by atoms with E-state index < -0.39 is 0 Å². The van der Waals surface area contributed by atoms with Crippen molar-refractivity contribution in [2.24, 2.45) is 0 Å². The molecular weight excluding hydrogens is 242 g/mol. The van der Waals surface area contributed by atoms with Crippen LogP contribution < -0.4 is 5.32 Å². The zero-order chi connectivity index (χ0) is 13.5. The summed E-state index contributed by atoms with van der Waals surface area (Å²) in [6, 6.07) is 0.121. The van der Waals surface area contributed by atoms with Crippen LogP contribution in [0.4, 0.5) is 5.82 Å². The molecule has 0 spiro atoms. The Bertz CT molecular complexity index is 404. The lowest BCUT2D eigenvalue weighted by Crippen LogP contribution is -2.44. The van der Waals surface area contributed by atoms with Crippen LogP contribution >= 0.6 is 0 Å². The Morgan fingerprint density at radius 2 is 2.42 bits per heavy atom. The summed E-state index contributed by atoms with van der Waals surface area (Å²) in [5.74, 6) is 0.758. The average Bonchev–Trinajstić information content (AvgIpc) is 2.41. The number of rotatable bonds is 5. The zero-order valence-electron chi connectivity index (χ0n) is 11.5. The Labute approximate surface area is 114 Å². The first-order chi connectivity index (χ1) is 9.25. The van der Waals surface area contributed by atoms with Gasteiger partial charge in [-0.15, -0.1) is 0 Å². The largest absolute Gasteiger partial charge is 0.379 e. The molecule has 0 bridgehead atoms. The van der Waals surface area contributed by atoms with Crippen molar-refractivity contribution in [3.8, 4) is 0 Å². The summed E-state index contributed by atoms with van der Waals surface area (Å²) < 4.78 is 11.4. The Kier molecular flexibility index (Phi) is 5.30. The number of hydrogen-bond acceptors (Lipinski definition) is 5. The second-order valence-electron chi connectivity index (χ2n) is 4.86. The van der Waals surface area contributed by atoms with E-state index in [0.29, 0.717) is 13.2 Å². The molecule has 0 amide bonds. The highest BCUT2D eigenvalue weighted by atomic mass is 16.5. The van der Waals surface area contributed by atoms with E-state index in [1.807, 2.05) is 0 Å². The van der Waals surface area contributed by atoms with E-state index in [0.717, 1.165) is 18.8 Å². The lowest BCUT2D eigenvalue weighted by molar-refractivity contribution is -0.0318. The molecular formula is C14H21N3O2. The van der Waals surface area contributed by atoms with Crippen LogP contribution in [-0.2, 0) is 9.47 Å². The van der Waals surface area contributed by atoms with E-state index in [4.69, 9.17) is 9.47 Å². The molecule has 0 saturated carbocycles. The Balaban J connectivity index is 1.90. The molecule has 1 aromatic rings. The van der Waals surface area contributed by atoms with Gasteiger partial charge in [-0.25, -0.2) is 4.98 Å². The highest BCUT2D eigenvalue weighted by molar-refractivity contribution is 5.32. The third kappa shape index (κ3) is 4.61. The van der Waals surface area contributed by atoms with Gasteiger partial charge in [0, 0.05) is 19.0 Å². The lowest BCUT2D eigenvalue weighted by atomic mass is 10.1. The van der Waals surface area contributed by atoms with Crippen molar-refractivity contribution in [3.63, 3.8) is 0 Å². The molecule has 2 heterocycles. The number of hydrogen-bond donors (Lipinski definition) is 1. The second-order valence-corrected chi connectivity index (χ2v) is 4.86. The van der Waals surface area contributed by atoms with Crippen LogP contribution in [0.2, 0.25) is 0 Å². The molecule has 2 rings (SSSR count). The Morgan fingerprint density at radius 1 is 1.53 bits per heavy atom. The summed E-state index contributed by atoms with van der Waals surface area (Å²) in [6.45, 7) is 6.17. The molecule has 104 valence electrons. The van der Waals surface area contributed by atoms with E-state index in [-0.39, 0.29) is 12.1 Å². The van der Waals surface area contributed by atoms with Crippen molar-refractivity contribution in [1.29, 1.82) is 0 Å². The fourth-order valence-electron chi connectivity index (χ4n) is 1.95. The van der Waals surface area contributed by atoms with Gasteiger partial charge in [-0.1, -0.05) is 11.6 Å². The second kappa shape index (κ2) is 7.21. The van der Waals surface area contributed by atoms with Gasteiger partial charge in [-0.3, -0.25) is 4.98 Å². The van der Waals surface area contributed by atoms with Gasteiger partial charge in [0.05, 0.1) is 31.6 Å². The predicted molar refractivity (Wildman–Crippen MR) is 74.0 cm³/mol. The van der Waals surface area contributed by atoms with Crippen molar-refractivity contribution in [2.75, 3.05) is 25.1 Å². The van der Waals surface area contributed by atoms with E-state index in [9.17, 15) is 0 Å². The van der Waals surface area contributed by atoms with E-state index in [1.165, 1.54) is 5.57 Å². The van der Waals surface area contributed by atoms with Crippen molar-refractivity contribution in [3.05, 3.63) is 30.2 Å². The van der Waals surface area contributed by atoms with E-state index >= 15 is 0 Å². The lowest BCUT2D eigenvalue weighted by Gasteiger charge is -2.32. The topological polar surface area (TPSA) is 56.3 Å². The van der Waals surface area contributed by atoms with Gasteiger partial charge < -0.3 is 14.8 Å². The fraction of sp³-hybridized carbons (Fsp3) is 0.571. The molecule has 19 heavy (non-hydrogen) atoms. The maximum absolute atomic E-state index is 5.91. The third-order valence-corrected chi connectivity index (χ3v) is 2.99. The molecule has 5 heteroatoms. The fourth-order valence-corrected chi connectivity index (χ4v) is 1.95. The van der Waals surface area contributed by atoms with Crippen LogP contribution in [0.5, 0.6) is 0 Å². The smallest absolute Gasteiger partial charge is 0.144 e. The summed E-state index contributed by atoms with van der Waals surface area (Å²) >= 11 is 0. The van der Waals surface area contributed by atoms with E-state index in [2.05, 4.69) is 35.2 Å². The normalized spacial score (nSPS) is 22.8. The quantitative estimate of drug-likeness (QED) is 0.824. The molecule has 0 aromatic carbocycles. The highest BCUT2D eigenvalue weighted by Gasteiger charge is 2.26. The molecule has 1 saturated heterocycles. The van der Waals surface area contributed by atoms with Gasteiger partial charge in [0.1, 0.15) is 5.82 Å². The zero-order valence-corrected chi connectivity index (χ0v) is 11.5. The summed E-state index contributed by atoms with van der Waals surface area (Å²) in [4.78, 5) is 8.26. The van der Waals surface area contributed by atoms with Gasteiger partial charge in [-0.2, -0.15) is 0 Å². The van der Waals surface area contributed by atoms with Crippen molar-refractivity contribution in [1.82, 2.24) is 9.97 Å². The van der Waals surface area contributed by atoms with Crippen LogP contribution in [0.3, 0.4) is 0 Å². The molecule has 0 unspecified atom stereocenters. The summed E-state index contributed by atoms with van der Waals surface area (Å²) in [5.41, 5.74) is 1.27. The SMILES string of the molecule is CC(C)=CCO[C@@H]1CCOC[C@@H]1Nc1cnccn1. The van der Waals surface area contributed by atoms with Gasteiger partial charge in [0.25, 0.3) is 0 Å². The Hall–Kier alpha value is -1.46. The summed E-state index contributed by atoms with van der Waals surface area (Å²) in [6.07, 6.45) is 8.17. The van der Waals surface area contributed by atoms with Crippen LogP contribution in [-0.4, -0.2) is 41.9 Å². The number of aromatic nitrogens is 2. The number of nitrogens with zero attached hydrogens (tertiary/aromatic N) is 2. The van der Waals surface area contributed by atoms with Crippen molar-refractivity contribution < 1.29 is 9.47 Å². The number of nitrogens with one attached hydrogen (secondary N) is 1. The van der Waals surface area contributed by atoms with Gasteiger partial charge >= 0.3 is 0 Å². The van der Waals surface area contributed by atoms with Crippen LogP contribution in [0.1, 0.15) is 20.3 Å². The maximum atomic E-state index is 5.91. The van der Waals surface area contributed by atoms with Crippen molar-refractivity contribution >= 4 is 5.82 Å². The summed E-state index contributed by atoms with van der Waals surface area (Å²) in [7, 11) is 0. The predicted octanol–water partition coefficient (Wildman–Crippen LogP) is 2.03. The van der Waals surface area contributed by atoms with Gasteiger partial charge in [0.2, 0.25) is 0 Å². The minimum Gasteiger partial charge on any atom is -0.379 e. The van der Waals surface area contributed by atoms with Crippen LogP contribution in [0.25, 0.3) is 0 Å². The van der Waals surface area contributed by atoms with E-state index in [1.54, 1.807) is 18.6 Å². The molecule has 5 nitrogen and oxygen atoms in total. The highest BCUT2D eigenvalue weighted by Crippen LogP contribution is 2.16. The minimum atomic E-state index is 0.121. The maximum Gasteiger partial charge on any atom is 0.144 e. The first kappa shape index (κ1) is 14.0. The average molecular weight is 263 g/mol. The molecule has 1 aliphatic heterocycles. The molecule has 1 fully saturated rings. The molecule has 1 N–H and O–H groups in total. The van der Waals surface area contributed by atoms with Gasteiger partial charge in [0.15, 0.2) is 0 Å². The molecule has 2 atom stereocenters. The molecule has 1 aliphatic rings. The third-order valence-electron chi connectivity index (χ3n) is 2.99. The van der Waals surface area contributed by atoms with Crippen LogP contribution in [0, 0.1) is 0 Å². The standard InChI is InChI=1S/C14H21N3O2/c1-11(2)3-8-19-13-4-7-18-10-12(13)17-14-9-15-5-6-16-14/h3,5-6,9,12-13H,4,7-8,10H2,1-2H3,(H,16,17)/t12-,13+/m0/s1. The van der Waals surface area contributed by atoms with Crippen LogP contribution in [0.15, 0.2) is 30.2 Å². The number of anilines is 1. The summed E-state index contributed by atoms with van der Waals surface area (Å²) in [5, 5.41) is 3.32. The molecule has 0 aliphatic carbocycles. The number of ether oxygens (including phenoxy) is 2. The Morgan fingerprint density at radius 3 is 3.16 bits per heavy atom. The molecule has 1 aromatic heterocycles. The first-order valence-corrected chi connectivity index (χ1v) is 6.61. The van der Waals surface area contributed by atoms with Gasteiger partial charge in [-0.05, 0) is 20.3 Å². The first-order valence-electron chi connectivity index (χ1n) is 6.61. The molecule has 0 radical (unpaired) electrons. The monoisotopic (exact) mass is 263 g/mol. The minimum absolute atomic E-state index is 0.121. The van der Waals surface area contributed by atoms with Crippen molar-refractivity contribution in [2.45, 2.75) is 32.4 Å².